The zero-order valence-electron chi connectivity index (χ0n) is 11.0. The number of halogens is 1. The van der Waals surface area contributed by atoms with Crippen LogP contribution in [0.3, 0.4) is 0 Å². The van der Waals surface area contributed by atoms with Crippen molar-refractivity contribution >= 4 is 37.5 Å². The highest BCUT2D eigenvalue weighted by molar-refractivity contribution is 9.10. The van der Waals surface area contributed by atoms with E-state index in [9.17, 15) is 8.42 Å². The van der Waals surface area contributed by atoms with Crippen molar-refractivity contribution in [3.8, 4) is 0 Å². The van der Waals surface area contributed by atoms with Crippen LogP contribution in [0.15, 0.2) is 45.9 Å². The van der Waals surface area contributed by atoms with E-state index in [-0.39, 0.29) is 4.90 Å². The van der Waals surface area contributed by atoms with Gasteiger partial charge in [0.25, 0.3) is 10.0 Å². The van der Waals surface area contributed by atoms with Crippen LogP contribution in [0.1, 0.15) is 5.56 Å². The van der Waals surface area contributed by atoms with Gasteiger partial charge in [0, 0.05) is 17.7 Å². The summed E-state index contributed by atoms with van der Waals surface area (Å²) >= 11 is 3.37. The Hall–Kier alpha value is -1.60. The Morgan fingerprint density at radius 1 is 1.20 bits per heavy atom. The molecule has 5 nitrogen and oxygen atoms in total. The number of anilines is 2. The molecule has 2 aromatic rings. The van der Waals surface area contributed by atoms with Gasteiger partial charge in [0.05, 0.1) is 5.69 Å². The smallest absolute Gasteiger partial charge is 0.263 e. The summed E-state index contributed by atoms with van der Waals surface area (Å²) in [5.41, 5.74) is 1.37. The number of aromatic nitrogens is 1. The van der Waals surface area contributed by atoms with Crippen molar-refractivity contribution in [2.24, 2.45) is 0 Å². The van der Waals surface area contributed by atoms with Gasteiger partial charge in [-0.3, -0.25) is 4.72 Å². The van der Waals surface area contributed by atoms with Crippen molar-refractivity contribution in [2.75, 3.05) is 17.1 Å². The summed E-state index contributed by atoms with van der Waals surface area (Å²) in [6.07, 6.45) is 1.32. The molecule has 2 rings (SSSR count). The highest BCUT2D eigenvalue weighted by Crippen LogP contribution is 2.25. The van der Waals surface area contributed by atoms with Crippen LogP contribution >= 0.6 is 15.9 Å². The molecule has 0 spiro atoms. The lowest BCUT2D eigenvalue weighted by Gasteiger charge is -2.11. The second-order valence-electron chi connectivity index (χ2n) is 4.15. The van der Waals surface area contributed by atoms with Gasteiger partial charge < -0.3 is 5.32 Å². The first-order valence-corrected chi connectivity index (χ1v) is 8.13. The van der Waals surface area contributed by atoms with Gasteiger partial charge in [-0.25, -0.2) is 13.4 Å². The molecule has 0 bridgehead atoms. The maximum Gasteiger partial charge on any atom is 0.263 e. The molecule has 0 amide bonds. The van der Waals surface area contributed by atoms with Gasteiger partial charge >= 0.3 is 0 Å². The number of sulfonamides is 1. The number of pyridine rings is 1. The standard InChI is InChI=1S/C13H14BrN3O2S/c1-9-11(14)4-3-5-12(9)17-20(18,19)10-6-7-13(15-2)16-8-10/h3-8,17H,1-2H3,(H,15,16). The SMILES string of the molecule is CNc1ccc(S(=O)(=O)Nc2cccc(Br)c2C)cn1. The fraction of sp³-hybridized carbons (Fsp3) is 0.154. The van der Waals surface area contributed by atoms with Crippen LogP contribution in [0.4, 0.5) is 11.5 Å². The van der Waals surface area contributed by atoms with Crippen molar-refractivity contribution < 1.29 is 8.42 Å². The molecule has 1 heterocycles. The molecule has 20 heavy (non-hydrogen) atoms. The topological polar surface area (TPSA) is 71.1 Å². The van der Waals surface area contributed by atoms with Gasteiger partial charge in [-0.2, -0.15) is 0 Å². The van der Waals surface area contributed by atoms with E-state index in [1.807, 2.05) is 13.0 Å². The fourth-order valence-electron chi connectivity index (χ4n) is 1.61. The summed E-state index contributed by atoms with van der Waals surface area (Å²) in [7, 11) is -1.92. The predicted molar refractivity (Wildman–Crippen MR) is 83.5 cm³/mol. The van der Waals surface area contributed by atoms with Gasteiger partial charge in [0.2, 0.25) is 0 Å². The fourth-order valence-corrected chi connectivity index (χ4v) is 3.04. The Morgan fingerprint density at radius 3 is 2.55 bits per heavy atom. The lowest BCUT2D eigenvalue weighted by molar-refractivity contribution is 0.601. The number of nitrogens with zero attached hydrogens (tertiary/aromatic N) is 1. The molecular formula is C13H14BrN3O2S. The monoisotopic (exact) mass is 355 g/mol. The summed E-state index contributed by atoms with van der Waals surface area (Å²) in [5.74, 6) is 0.614. The molecule has 2 N–H and O–H groups in total. The van der Waals surface area contributed by atoms with Crippen LogP contribution < -0.4 is 10.0 Å². The van der Waals surface area contributed by atoms with E-state index in [1.54, 1.807) is 25.2 Å². The number of rotatable bonds is 4. The molecule has 0 unspecified atom stereocenters. The van der Waals surface area contributed by atoms with Crippen molar-refractivity contribution in [3.05, 3.63) is 46.6 Å². The average Bonchev–Trinajstić information content (AvgIpc) is 2.44. The van der Waals surface area contributed by atoms with Crippen molar-refractivity contribution in [1.82, 2.24) is 4.98 Å². The Morgan fingerprint density at radius 2 is 1.95 bits per heavy atom. The molecule has 0 aliphatic rings. The molecule has 106 valence electrons. The van der Waals surface area contributed by atoms with Crippen molar-refractivity contribution in [2.45, 2.75) is 11.8 Å². The third-order valence-electron chi connectivity index (χ3n) is 2.81. The Kier molecular flexibility index (Phi) is 4.29. The van der Waals surface area contributed by atoms with Crippen LogP contribution in [0.25, 0.3) is 0 Å². The second-order valence-corrected chi connectivity index (χ2v) is 6.68. The molecule has 7 heteroatoms. The molecule has 1 aromatic heterocycles. The predicted octanol–water partition coefficient (Wildman–Crippen LogP) is 3.00. The first-order chi connectivity index (χ1) is 9.44. The summed E-state index contributed by atoms with van der Waals surface area (Å²) in [5, 5.41) is 2.84. The van der Waals surface area contributed by atoms with E-state index in [0.717, 1.165) is 10.0 Å². The van der Waals surface area contributed by atoms with E-state index in [0.29, 0.717) is 11.5 Å². The van der Waals surface area contributed by atoms with E-state index >= 15 is 0 Å². The second kappa shape index (κ2) is 5.80. The molecule has 0 radical (unpaired) electrons. The Balaban J connectivity index is 2.33. The molecule has 0 atom stereocenters. The Bertz CT molecular complexity index is 715. The number of nitrogens with one attached hydrogen (secondary N) is 2. The molecule has 0 saturated heterocycles. The van der Waals surface area contributed by atoms with E-state index in [2.05, 4.69) is 31.0 Å². The van der Waals surface area contributed by atoms with Crippen LogP contribution in [0.2, 0.25) is 0 Å². The minimum Gasteiger partial charge on any atom is -0.373 e. The maximum atomic E-state index is 12.3. The molecular weight excluding hydrogens is 342 g/mol. The van der Waals surface area contributed by atoms with Crippen LogP contribution in [-0.2, 0) is 10.0 Å². The average molecular weight is 356 g/mol. The van der Waals surface area contributed by atoms with Gasteiger partial charge in [0.1, 0.15) is 10.7 Å². The lowest BCUT2D eigenvalue weighted by atomic mass is 10.2. The molecule has 0 fully saturated rings. The normalized spacial score (nSPS) is 11.2. The van der Waals surface area contributed by atoms with Crippen LogP contribution in [0.5, 0.6) is 0 Å². The van der Waals surface area contributed by atoms with E-state index < -0.39 is 10.0 Å². The van der Waals surface area contributed by atoms with Gasteiger partial charge in [-0.15, -0.1) is 0 Å². The van der Waals surface area contributed by atoms with E-state index in [1.165, 1.54) is 12.3 Å². The summed E-state index contributed by atoms with van der Waals surface area (Å²) < 4.78 is 28.0. The Labute approximate surface area is 126 Å². The maximum absolute atomic E-state index is 12.3. The largest absolute Gasteiger partial charge is 0.373 e. The number of hydrogen-bond acceptors (Lipinski definition) is 4. The minimum atomic E-state index is -3.64. The number of hydrogen-bond donors (Lipinski definition) is 2. The quantitative estimate of drug-likeness (QED) is 0.884. The third kappa shape index (κ3) is 3.10. The zero-order chi connectivity index (χ0) is 14.8. The zero-order valence-corrected chi connectivity index (χ0v) is 13.4. The first kappa shape index (κ1) is 14.8. The van der Waals surface area contributed by atoms with Gasteiger partial charge in [-0.1, -0.05) is 22.0 Å². The third-order valence-corrected chi connectivity index (χ3v) is 5.02. The van der Waals surface area contributed by atoms with E-state index in [4.69, 9.17) is 0 Å². The van der Waals surface area contributed by atoms with Crippen LogP contribution in [-0.4, -0.2) is 20.4 Å². The summed E-state index contributed by atoms with van der Waals surface area (Å²) in [6.45, 7) is 1.84. The highest BCUT2D eigenvalue weighted by atomic mass is 79.9. The molecule has 0 aliphatic carbocycles. The highest BCUT2D eigenvalue weighted by Gasteiger charge is 2.16. The summed E-state index contributed by atoms with van der Waals surface area (Å²) in [4.78, 5) is 4.13. The molecule has 0 saturated carbocycles. The minimum absolute atomic E-state index is 0.121. The first-order valence-electron chi connectivity index (χ1n) is 5.86. The van der Waals surface area contributed by atoms with Crippen LogP contribution in [0, 0.1) is 6.92 Å². The molecule has 0 aliphatic heterocycles. The van der Waals surface area contributed by atoms with Gasteiger partial charge in [-0.05, 0) is 36.8 Å². The van der Waals surface area contributed by atoms with Crippen molar-refractivity contribution in [1.29, 1.82) is 0 Å². The number of benzene rings is 1. The lowest BCUT2D eigenvalue weighted by Crippen LogP contribution is -2.14. The summed E-state index contributed by atoms with van der Waals surface area (Å²) in [6, 6.07) is 8.47. The van der Waals surface area contributed by atoms with Gasteiger partial charge in [0.15, 0.2) is 0 Å². The van der Waals surface area contributed by atoms with Crippen molar-refractivity contribution in [3.63, 3.8) is 0 Å². The molecule has 1 aromatic carbocycles.